The summed E-state index contributed by atoms with van der Waals surface area (Å²) in [5, 5.41) is 3.59. The molecular formula is C19H23NO. The first-order valence-corrected chi connectivity index (χ1v) is 7.58. The summed E-state index contributed by atoms with van der Waals surface area (Å²) in [6, 6.07) is 17.5. The average molecular weight is 281 g/mol. The Kier molecular flexibility index (Phi) is 3.73. The first-order chi connectivity index (χ1) is 10.0. The number of fused-ring (bicyclic) bond motifs is 1. The minimum atomic E-state index is 0.212. The highest BCUT2D eigenvalue weighted by Crippen LogP contribution is 2.31. The normalized spacial score (nSPS) is 17.4. The quantitative estimate of drug-likeness (QED) is 0.910. The van der Waals surface area contributed by atoms with E-state index >= 15 is 0 Å². The number of ether oxygens (including phenoxy) is 1. The Hall–Kier alpha value is -1.80. The zero-order valence-corrected chi connectivity index (χ0v) is 13.0. The van der Waals surface area contributed by atoms with Crippen molar-refractivity contribution in [2.24, 2.45) is 0 Å². The van der Waals surface area contributed by atoms with Crippen LogP contribution in [0.15, 0.2) is 48.5 Å². The third-order valence-corrected chi connectivity index (χ3v) is 4.07. The van der Waals surface area contributed by atoms with Crippen molar-refractivity contribution < 1.29 is 4.74 Å². The van der Waals surface area contributed by atoms with Gasteiger partial charge in [-0.2, -0.15) is 0 Å². The molecule has 3 rings (SSSR count). The minimum Gasteiger partial charge on any atom is -0.491 e. The predicted octanol–water partition coefficient (Wildman–Crippen LogP) is 4.21. The molecule has 0 radical (unpaired) electrons. The van der Waals surface area contributed by atoms with Gasteiger partial charge in [0.1, 0.15) is 12.4 Å². The average Bonchev–Trinajstić information content (AvgIpc) is 2.88. The van der Waals surface area contributed by atoms with Gasteiger partial charge in [-0.05, 0) is 22.6 Å². The Balaban J connectivity index is 1.64. The lowest BCUT2D eigenvalue weighted by molar-refractivity contribution is 0.310. The lowest BCUT2D eigenvalue weighted by atomic mass is 9.87. The van der Waals surface area contributed by atoms with Gasteiger partial charge in [0.25, 0.3) is 0 Å². The summed E-state index contributed by atoms with van der Waals surface area (Å²) in [5.41, 5.74) is 4.17. The van der Waals surface area contributed by atoms with Crippen LogP contribution in [0.25, 0.3) is 0 Å². The maximum atomic E-state index is 5.70. The van der Waals surface area contributed by atoms with Crippen molar-refractivity contribution in [3.05, 3.63) is 65.2 Å². The molecule has 2 heteroatoms. The Morgan fingerprint density at radius 2 is 1.76 bits per heavy atom. The van der Waals surface area contributed by atoms with Gasteiger partial charge in [-0.3, -0.25) is 0 Å². The van der Waals surface area contributed by atoms with Crippen molar-refractivity contribution in [1.82, 2.24) is 5.32 Å². The number of benzene rings is 2. The minimum absolute atomic E-state index is 0.212. The molecule has 1 heterocycles. The van der Waals surface area contributed by atoms with E-state index in [9.17, 15) is 0 Å². The SMILES string of the molecule is CC(C)(C)c1ccc(CNC2COc3ccccc32)cc1. The highest BCUT2D eigenvalue weighted by molar-refractivity contribution is 5.39. The lowest BCUT2D eigenvalue weighted by Crippen LogP contribution is -2.22. The number of nitrogens with one attached hydrogen (secondary N) is 1. The number of rotatable bonds is 3. The zero-order chi connectivity index (χ0) is 14.9. The maximum Gasteiger partial charge on any atom is 0.124 e. The highest BCUT2D eigenvalue weighted by atomic mass is 16.5. The Morgan fingerprint density at radius 1 is 1.05 bits per heavy atom. The van der Waals surface area contributed by atoms with Crippen LogP contribution in [0.5, 0.6) is 5.75 Å². The van der Waals surface area contributed by atoms with Crippen LogP contribution in [-0.4, -0.2) is 6.61 Å². The summed E-state index contributed by atoms with van der Waals surface area (Å²) >= 11 is 0. The molecule has 0 amide bonds. The van der Waals surface area contributed by atoms with Crippen molar-refractivity contribution >= 4 is 0 Å². The van der Waals surface area contributed by atoms with E-state index in [1.807, 2.05) is 12.1 Å². The number of hydrogen-bond acceptors (Lipinski definition) is 2. The second-order valence-electron chi connectivity index (χ2n) is 6.73. The fourth-order valence-electron chi connectivity index (χ4n) is 2.70. The monoisotopic (exact) mass is 281 g/mol. The third-order valence-electron chi connectivity index (χ3n) is 4.07. The molecule has 21 heavy (non-hydrogen) atoms. The Bertz CT molecular complexity index is 610. The fraction of sp³-hybridized carbons (Fsp3) is 0.368. The molecule has 2 nitrogen and oxygen atoms in total. The van der Waals surface area contributed by atoms with E-state index < -0.39 is 0 Å². The molecule has 0 aliphatic carbocycles. The standard InChI is InChI=1S/C19H23NO/c1-19(2,3)15-10-8-14(9-11-15)12-20-17-13-21-18-7-5-4-6-16(17)18/h4-11,17,20H,12-13H2,1-3H3. The van der Waals surface area contributed by atoms with Gasteiger partial charge < -0.3 is 10.1 Å². The van der Waals surface area contributed by atoms with Gasteiger partial charge in [0.05, 0.1) is 6.04 Å². The van der Waals surface area contributed by atoms with Gasteiger partial charge in [0.2, 0.25) is 0 Å². The smallest absolute Gasteiger partial charge is 0.124 e. The van der Waals surface area contributed by atoms with Crippen molar-refractivity contribution in [3.8, 4) is 5.75 Å². The van der Waals surface area contributed by atoms with E-state index in [1.165, 1.54) is 16.7 Å². The molecule has 110 valence electrons. The summed E-state index contributed by atoms with van der Waals surface area (Å²) in [5.74, 6) is 1.01. The van der Waals surface area contributed by atoms with Crippen molar-refractivity contribution in [1.29, 1.82) is 0 Å². The molecule has 0 aromatic heterocycles. The fourth-order valence-corrected chi connectivity index (χ4v) is 2.70. The number of para-hydroxylation sites is 1. The van der Waals surface area contributed by atoms with Crippen LogP contribution in [0.4, 0.5) is 0 Å². The van der Waals surface area contributed by atoms with Crippen molar-refractivity contribution in [3.63, 3.8) is 0 Å². The largest absolute Gasteiger partial charge is 0.491 e. The zero-order valence-electron chi connectivity index (χ0n) is 13.0. The van der Waals surface area contributed by atoms with E-state index in [0.29, 0.717) is 6.04 Å². The van der Waals surface area contributed by atoms with Crippen LogP contribution in [-0.2, 0) is 12.0 Å². The van der Waals surface area contributed by atoms with Crippen LogP contribution in [0.1, 0.15) is 43.5 Å². The van der Waals surface area contributed by atoms with Gasteiger partial charge in [0.15, 0.2) is 0 Å². The molecule has 0 saturated carbocycles. The molecule has 1 aliphatic heterocycles. The lowest BCUT2D eigenvalue weighted by Gasteiger charge is -2.19. The van der Waals surface area contributed by atoms with Crippen LogP contribution < -0.4 is 10.1 Å². The van der Waals surface area contributed by atoms with Gasteiger partial charge in [-0.1, -0.05) is 63.2 Å². The van der Waals surface area contributed by atoms with Crippen LogP contribution in [0, 0.1) is 0 Å². The molecule has 2 aromatic rings. The summed E-state index contributed by atoms with van der Waals surface area (Å²) in [4.78, 5) is 0. The van der Waals surface area contributed by atoms with Crippen molar-refractivity contribution in [2.75, 3.05) is 6.61 Å². The van der Waals surface area contributed by atoms with Gasteiger partial charge in [-0.15, -0.1) is 0 Å². The number of hydrogen-bond donors (Lipinski definition) is 1. The van der Waals surface area contributed by atoms with Crippen LogP contribution in [0.3, 0.4) is 0 Å². The third kappa shape index (κ3) is 3.11. The second-order valence-corrected chi connectivity index (χ2v) is 6.73. The molecule has 2 aromatic carbocycles. The Morgan fingerprint density at radius 3 is 2.48 bits per heavy atom. The molecule has 1 aliphatic rings. The molecule has 0 spiro atoms. The van der Waals surface area contributed by atoms with Crippen LogP contribution in [0.2, 0.25) is 0 Å². The molecule has 1 atom stereocenters. The molecule has 1 unspecified atom stereocenters. The second kappa shape index (κ2) is 5.53. The molecular weight excluding hydrogens is 258 g/mol. The van der Waals surface area contributed by atoms with Gasteiger partial charge >= 0.3 is 0 Å². The maximum absolute atomic E-state index is 5.70. The van der Waals surface area contributed by atoms with Crippen LogP contribution >= 0.6 is 0 Å². The highest BCUT2D eigenvalue weighted by Gasteiger charge is 2.22. The van der Waals surface area contributed by atoms with E-state index in [-0.39, 0.29) is 5.41 Å². The summed E-state index contributed by atoms with van der Waals surface area (Å²) < 4.78 is 5.70. The first-order valence-electron chi connectivity index (χ1n) is 7.58. The van der Waals surface area contributed by atoms with E-state index in [2.05, 4.69) is 62.5 Å². The summed E-state index contributed by atoms with van der Waals surface area (Å²) in [6.45, 7) is 8.32. The molecule has 0 saturated heterocycles. The molecule has 0 fully saturated rings. The van der Waals surface area contributed by atoms with Gasteiger partial charge in [-0.25, -0.2) is 0 Å². The van der Waals surface area contributed by atoms with E-state index in [0.717, 1.165) is 18.9 Å². The first kappa shape index (κ1) is 14.2. The topological polar surface area (TPSA) is 21.3 Å². The summed E-state index contributed by atoms with van der Waals surface area (Å²) in [7, 11) is 0. The van der Waals surface area contributed by atoms with E-state index in [4.69, 9.17) is 4.74 Å². The summed E-state index contributed by atoms with van der Waals surface area (Å²) in [6.07, 6.45) is 0. The predicted molar refractivity (Wildman–Crippen MR) is 86.7 cm³/mol. The van der Waals surface area contributed by atoms with E-state index in [1.54, 1.807) is 0 Å². The van der Waals surface area contributed by atoms with Crippen molar-refractivity contribution in [2.45, 2.75) is 38.8 Å². The Labute approximate surface area is 127 Å². The molecule has 0 bridgehead atoms. The molecule has 1 N–H and O–H groups in total. The van der Waals surface area contributed by atoms with Gasteiger partial charge in [0, 0.05) is 12.1 Å².